The zero-order valence-corrected chi connectivity index (χ0v) is 22.6. The van der Waals surface area contributed by atoms with Gasteiger partial charge in [-0.15, -0.1) is 11.3 Å². The lowest BCUT2D eigenvalue weighted by molar-refractivity contribution is 1.18. The molecule has 8 aromatic rings. The van der Waals surface area contributed by atoms with E-state index < -0.39 is 0 Å². The molecule has 40 heavy (non-hydrogen) atoms. The highest BCUT2D eigenvalue weighted by Crippen LogP contribution is 2.40. The van der Waals surface area contributed by atoms with Gasteiger partial charge in [-0.05, 0) is 81.2 Å². The van der Waals surface area contributed by atoms with Gasteiger partial charge in [-0.25, -0.2) is 0 Å². The molecule has 0 atom stereocenters. The minimum atomic E-state index is 1.18. The summed E-state index contributed by atoms with van der Waals surface area (Å²) in [6.45, 7) is 0. The zero-order chi connectivity index (χ0) is 26.5. The Morgan fingerprint density at radius 2 is 0.925 bits per heavy atom. The van der Waals surface area contributed by atoms with Crippen molar-refractivity contribution in [3.63, 3.8) is 0 Å². The molecule has 0 radical (unpaired) electrons. The van der Waals surface area contributed by atoms with Crippen LogP contribution < -0.4 is 0 Å². The second-order valence-electron chi connectivity index (χ2n) is 10.2. The molecule has 0 amide bonds. The van der Waals surface area contributed by atoms with Gasteiger partial charge in [-0.1, -0.05) is 103 Å². The zero-order valence-electron chi connectivity index (χ0n) is 21.8. The third kappa shape index (κ3) is 3.77. The molecule has 6 aromatic carbocycles. The summed E-state index contributed by atoms with van der Waals surface area (Å²) in [4.78, 5) is 0. The predicted molar refractivity (Wildman–Crippen MR) is 172 cm³/mol. The van der Waals surface area contributed by atoms with Crippen molar-refractivity contribution in [1.29, 1.82) is 0 Å². The van der Waals surface area contributed by atoms with Crippen LogP contribution in [0.15, 0.2) is 151 Å². The van der Waals surface area contributed by atoms with Gasteiger partial charge in [0, 0.05) is 26.5 Å². The summed E-state index contributed by atoms with van der Waals surface area (Å²) in [6, 6.07) is 52.8. The Balaban J connectivity index is 1.29. The molecular weight excluding hydrogens is 502 g/mol. The Kier molecular flexibility index (Phi) is 5.39. The van der Waals surface area contributed by atoms with Crippen molar-refractivity contribution in [2.75, 3.05) is 0 Å². The minimum absolute atomic E-state index is 1.18. The molecule has 0 N–H and O–H groups in total. The Hall–Kier alpha value is -4.92. The molecule has 8 rings (SSSR count). The highest BCUT2D eigenvalue weighted by atomic mass is 32.1. The first-order valence-electron chi connectivity index (χ1n) is 13.6. The van der Waals surface area contributed by atoms with Gasteiger partial charge in [0.25, 0.3) is 0 Å². The van der Waals surface area contributed by atoms with E-state index in [1.807, 2.05) is 0 Å². The lowest BCUT2D eigenvalue weighted by atomic mass is 9.99. The van der Waals surface area contributed by atoms with Crippen LogP contribution in [-0.4, -0.2) is 4.57 Å². The molecule has 2 aromatic heterocycles. The number of aromatic nitrogens is 1. The van der Waals surface area contributed by atoms with Crippen LogP contribution in [0.1, 0.15) is 0 Å². The van der Waals surface area contributed by atoms with E-state index in [0.29, 0.717) is 0 Å². The van der Waals surface area contributed by atoms with Crippen LogP contribution in [0.3, 0.4) is 0 Å². The van der Waals surface area contributed by atoms with Crippen molar-refractivity contribution < 1.29 is 0 Å². The molecule has 0 aliphatic rings. The topological polar surface area (TPSA) is 4.93 Å². The molecule has 2 heteroatoms. The third-order valence-electron chi connectivity index (χ3n) is 7.92. The van der Waals surface area contributed by atoms with E-state index in [1.54, 1.807) is 11.3 Å². The van der Waals surface area contributed by atoms with Crippen LogP contribution >= 0.6 is 11.3 Å². The fourth-order valence-electron chi connectivity index (χ4n) is 5.94. The van der Waals surface area contributed by atoms with Gasteiger partial charge in [0.1, 0.15) is 0 Å². The first-order chi connectivity index (χ1) is 19.8. The summed E-state index contributed by atoms with van der Waals surface area (Å²) in [7, 11) is 0. The van der Waals surface area contributed by atoms with Gasteiger partial charge in [0.05, 0.1) is 11.0 Å². The molecule has 0 aliphatic carbocycles. The van der Waals surface area contributed by atoms with Gasteiger partial charge in [-0.2, -0.15) is 0 Å². The van der Waals surface area contributed by atoms with E-state index in [4.69, 9.17) is 0 Å². The van der Waals surface area contributed by atoms with E-state index in [-0.39, 0.29) is 0 Å². The monoisotopic (exact) mass is 527 g/mol. The summed E-state index contributed by atoms with van der Waals surface area (Å²) in [6.07, 6.45) is 0. The van der Waals surface area contributed by atoms with Gasteiger partial charge in [-0.3, -0.25) is 0 Å². The Labute approximate surface area is 237 Å². The molecule has 0 saturated heterocycles. The third-order valence-corrected chi connectivity index (χ3v) is 8.80. The molecule has 0 aliphatic heterocycles. The van der Waals surface area contributed by atoms with Crippen molar-refractivity contribution in [3.05, 3.63) is 151 Å². The number of hydrogen-bond donors (Lipinski definition) is 0. The lowest BCUT2D eigenvalue weighted by Crippen LogP contribution is -1.93. The van der Waals surface area contributed by atoms with E-state index >= 15 is 0 Å². The molecule has 188 valence electrons. The van der Waals surface area contributed by atoms with Gasteiger partial charge in [0.2, 0.25) is 0 Å². The summed E-state index contributed by atoms with van der Waals surface area (Å²) >= 11 is 1.81. The maximum Gasteiger partial charge on any atom is 0.0548 e. The fraction of sp³-hybridized carbons (Fsp3) is 0. The van der Waals surface area contributed by atoms with Gasteiger partial charge < -0.3 is 4.57 Å². The number of benzene rings is 6. The SMILES string of the molecule is c1ccc(-c2ccc(-c3ccc4c(c3)c3c5ccsc5ccc3n4-c3ccc(-c4ccccc4)cc3)cc2)cc1. The van der Waals surface area contributed by atoms with Crippen molar-refractivity contribution in [3.8, 4) is 39.1 Å². The van der Waals surface area contributed by atoms with E-state index in [2.05, 4.69) is 156 Å². The second-order valence-corrected chi connectivity index (χ2v) is 11.2. The molecule has 0 unspecified atom stereocenters. The van der Waals surface area contributed by atoms with Crippen LogP contribution in [0.5, 0.6) is 0 Å². The molecule has 0 bridgehead atoms. The molecule has 1 nitrogen and oxygen atoms in total. The number of hydrogen-bond acceptors (Lipinski definition) is 1. The normalized spacial score (nSPS) is 11.5. The first kappa shape index (κ1) is 23.0. The van der Waals surface area contributed by atoms with Gasteiger partial charge >= 0.3 is 0 Å². The highest BCUT2D eigenvalue weighted by molar-refractivity contribution is 7.17. The minimum Gasteiger partial charge on any atom is -0.309 e. The summed E-state index contributed by atoms with van der Waals surface area (Å²) in [5.74, 6) is 0. The standard InChI is InChI=1S/C38H25NS/c1-3-7-26(8-4-1)28-11-13-30(14-12-28)31-17-20-35-34(25-31)38-33-23-24-40-37(33)22-21-36(38)39(35)32-18-15-29(16-19-32)27-9-5-2-6-10-27/h1-25H. The summed E-state index contributed by atoms with van der Waals surface area (Å²) in [5.41, 5.74) is 11.0. The molecular formula is C38H25NS. The van der Waals surface area contributed by atoms with Crippen molar-refractivity contribution in [2.45, 2.75) is 0 Å². The van der Waals surface area contributed by atoms with Crippen molar-refractivity contribution >= 4 is 43.2 Å². The van der Waals surface area contributed by atoms with Crippen LogP contribution in [0.2, 0.25) is 0 Å². The van der Waals surface area contributed by atoms with E-state index in [1.165, 1.54) is 71.0 Å². The largest absolute Gasteiger partial charge is 0.309 e. The van der Waals surface area contributed by atoms with Crippen LogP contribution in [0, 0.1) is 0 Å². The smallest absolute Gasteiger partial charge is 0.0548 e. The number of fused-ring (bicyclic) bond motifs is 5. The van der Waals surface area contributed by atoms with Crippen LogP contribution in [-0.2, 0) is 0 Å². The Morgan fingerprint density at radius 3 is 1.57 bits per heavy atom. The quantitative estimate of drug-likeness (QED) is 0.214. The lowest BCUT2D eigenvalue weighted by Gasteiger charge is -2.10. The average molecular weight is 528 g/mol. The number of rotatable bonds is 4. The second kappa shape index (κ2) is 9.37. The number of thiophene rings is 1. The first-order valence-corrected chi connectivity index (χ1v) is 14.5. The summed E-state index contributed by atoms with van der Waals surface area (Å²) in [5, 5.41) is 6.14. The van der Waals surface area contributed by atoms with E-state index in [9.17, 15) is 0 Å². The number of nitrogens with zero attached hydrogens (tertiary/aromatic N) is 1. The molecule has 0 spiro atoms. The van der Waals surface area contributed by atoms with Crippen molar-refractivity contribution in [1.82, 2.24) is 4.57 Å². The maximum absolute atomic E-state index is 2.42. The van der Waals surface area contributed by atoms with Gasteiger partial charge in [0.15, 0.2) is 0 Å². The van der Waals surface area contributed by atoms with E-state index in [0.717, 1.165) is 0 Å². The Morgan fingerprint density at radius 1 is 0.400 bits per heavy atom. The molecule has 0 fully saturated rings. The average Bonchev–Trinajstić information content (AvgIpc) is 3.64. The maximum atomic E-state index is 2.42. The Bertz CT molecular complexity index is 2120. The molecule has 2 heterocycles. The molecule has 0 saturated carbocycles. The van der Waals surface area contributed by atoms with Crippen LogP contribution in [0.4, 0.5) is 0 Å². The highest BCUT2D eigenvalue weighted by Gasteiger charge is 2.16. The van der Waals surface area contributed by atoms with Crippen LogP contribution in [0.25, 0.3) is 71.0 Å². The predicted octanol–water partition coefficient (Wildman–Crippen LogP) is 11.0. The fourth-order valence-corrected chi connectivity index (χ4v) is 6.73. The summed E-state index contributed by atoms with van der Waals surface area (Å²) < 4.78 is 3.74. The van der Waals surface area contributed by atoms with Crippen molar-refractivity contribution in [2.24, 2.45) is 0 Å².